The molecule has 1 heterocycles. The summed E-state index contributed by atoms with van der Waals surface area (Å²) in [5, 5.41) is 3.51. The first kappa shape index (κ1) is 22.1. The van der Waals surface area contributed by atoms with E-state index in [1.54, 1.807) is 0 Å². The Morgan fingerprint density at radius 1 is 1.00 bits per heavy atom. The number of benzene rings is 2. The zero-order valence-electron chi connectivity index (χ0n) is 19.2. The number of hydrogen-bond donors (Lipinski definition) is 1. The first-order valence-corrected chi connectivity index (χ1v) is 12.2. The van der Waals surface area contributed by atoms with E-state index in [-0.39, 0.29) is 11.4 Å². The molecule has 2 unspecified atom stereocenters. The second-order valence-electron chi connectivity index (χ2n) is 10.2. The van der Waals surface area contributed by atoms with Crippen molar-refractivity contribution in [1.82, 2.24) is 10.2 Å². The average Bonchev–Trinajstić information content (AvgIpc) is 3.17. The highest BCUT2D eigenvalue weighted by atomic mass is 16.1. The minimum absolute atomic E-state index is 0.0407. The van der Waals surface area contributed by atoms with Gasteiger partial charge in [-0.05, 0) is 74.6 Å². The Morgan fingerprint density at radius 3 is 2.29 bits per heavy atom. The minimum Gasteiger partial charge on any atom is -0.350 e. The topological polar surface area (TPSA) is 32.3 Å². The molecule has 2 fully saturated rings. The lowest BCUT2D eigenvalue weighted by Crippen LogP contribution is -2.50. The Hall–Kier alpha value is -2.13. The molecule has 0 radical (unpaired) electrons. The van der Waals surface area contributed by atoms with Gasteiger partial charge in [-0.2, -0.15) is 0 Å². The van der Waals surface area contributed by atoms with Crippen molar-refractivity contribution in [1.29, 1.82) is 0 Å². The summed E-state index contributed by atoms with van der Waals surface area (Å²) in [6.45, 7) is 6.92. The number of nitrogens with one attached hydrogen (secondary N) is 1. The molecule has 0 spiro atoms. The number of likely N-dealkylation sites (tertiary alicyclic amines) is 1. The van der Waals surface area contributed by atoms with Crippen molar-refractivity contribution in [3.05, 3.63) is 71.8 Å². The molecular weight excluding hydrogens is 380 g/mol. The quantitative estimate of drug-likeness (QED) is 0.638. The molecule has 3 nitrogen and oxygen atoms in total. The summed E-state index contributed by atoms with van der Waals surface area (Å²) in [6.07, 6.45) is 7.46. The molecule has 2 aromatic rings. The van der Waals surface area contributed by atoms with E-state index in [9.17, 15) is 4.79 Å². The molecule has 1 aliphatic carbocycles. The molecule has 1 saturated carbocycles. The van der Waals surface area contributed by atoms with Crippen molar-refractivity contribution in [2.24, 2.45) is 5.92 Å². The van der Waals surface area contributed by atoms with Crippen molar-refractivity contribution < 1.29 is 4.79 Å². The van der Waals surface area contributed by atoms with Gasteiger partial charge in [-0.15, -0.1) is 0 Å². The van der Waals surface area contributed by atoms with Crippen LogP contribution in [0.5, 0.6) is 0 Å². The second-order valence-corrected chi connectivity index (χ2v) is 10.2. The van der Waals surface area contributed by atoms with E-state index >= 15 is 0 Å². The SMILES string of the molecule is CC(C)CC1(NC(=O)Cc2ccccc2)CCC(N2CCC(c3ccccc3)CC2)C1. The Kier molecular flexibility index (Phi) is 7.12. The first-order valence-electron chi connectivity index (χ1n) is 12.2. The molecule has 166 valence electrons. The normalized spacial score (nSPS) is 25.1. The van der Waals surface area contributed by atoms with E-state index in [0.717, 1.165) is 24.8 Å². The smallest absolute Gasteiger partial charge is 0.224 e. The van der Waals surface area contributed by atoms with Crippen LogP contribution >= 0.6 is 0 Å². The molecule has 2 aliphatic rings. The Morgan fingerprint density at radius 2 is 1.65 bits per heavy atom. The molecule has 1 saturated heterocycles. The van der Waals surface area contributed by atoms with Gasteiger partial charge in [-0.3, -0.25) is 4.79 Å². The summed E-state index contributed by atoms with van der Waals surface area (Å²) < 4.78 is 0. The number of rotatable bonds is 7. The van der Waals surface area contributed by atoms with Gasteiger partial charge in [0, 0.05) is 11.6 Å². The summed E-state index contributed by atoms with van der Waals surface area (Å²) in [7, 11) is 0. The van der Waals surface area contributed by atoms with Gasteiger partial charge in [-0.1, -0.05) is 74.5 Å². The number of amides is 1. The van der Waals surface area contributed by atoms with E-state index in [1.165, 1.54) is 37.9 Å². The van der Waals surface area contributed by atoms with Crippen molar-refractivity contribution >= 4 is 5.91 Å². The first-order chi connectivity index (χ1) is 15.0. The third kappa shape index (κ3) is 5.77. The fraction of sp³-hybridized carbons (Fsp3) is 0.536. The summed E-state index contributed by atoms with van der Waals surface area (Å²) in [6, 6.07) is 21.7. The zero-order valence-corrected chi connectivity index (χ0v) is 19.2. The van der Waals surface area contributed by atoms with Gasteiger partial charge in [0.25, 0.3) is 0 Å². The lowest BCUT2D eigenvalue weighted by Gasteiger charge is -2.38. The van der Waals surface area contributed by atoms with Crippen LogP contribution in [0.15, 0.2) is 60.7 Å². The molecule has 4 rings (SSSR count). The Bertz CT molecular complexity index is 827. The van der Waals surface area contributed by atoms with Gasteiger partial charge in [-0.25, -0.2) is 0 Å². The molecule has 1 amide bonds. The van der Waals surface area contributed by atoms with Gasteiger partial charge >= 0.3 is 0 Å². The highest BCUT2D eigenvalue weighted by Gasteiger charge is 2.43. The van der Waals surface area contributed by atoms with Gasteiger partial charge in [0.2, 0.25) is 5.91 Å². The van der Waals surface area contributed by atoms with Crippen LogP contribution in [0.25, 0.3) is 0 Å². The molecule has 0 aromatic heterocycles. The summed E-state index contributed by atoms with van der Waals surface area (Å²) in [5.74, 6) is 1.46. The second kappa shape index (κ2) is 9.99. The standard InChI is InChI=1S/C28H38N2O/c1-22(2)20-28(29-27(31)19-23-9-5-3-6-10-23)16-13-26(21-28)30-17-14-25(15-18-30)24-11-7-4-8-12-24/h3-12,22,25-26H,13-21H2,1-2H3,(H,29,31). The van der Waals surface area contributed by atoms with Crippen LogP contribution in [0, 0.1) is 5.92 Å². The van der Waals surface area contributed by atoms with Crippen molar-refractivity contribution in [3.8, 4) is 0 Å². The monoisotopic (exact) mass is 418 g/mol. The highest BCUT2D eigenvalue weighted by Crippen LogP contribution is 2.40. The fourth-order valence-corrected chi connectivity index (χ4v) is 5.99. The number of nitrogens with zero attached hydrogens (tertiary/aromatic N) is 1. The maximum absolute atomic E-state index is 12.9. The van der Waals surface area contributed by atoms with E-state index in [0.29, 0.717) is 24.3 Å². The van der Waals surface area contributed by atoms with Crippen LogP contribution in [0.2, 0.25) is 0 Å². The van der Waals surface area contributed by atoms with Gasteiger partial charge < -0.3 is 10.2 Å². The minimum atomic E-state index is -0.0407. The van der Waals surface area contributed by atoms with E-state index < -0.39 is 0 Å². The van der Waals surface area contributed by atoms with Gasteiger partial charge in [0.1, 0.15) is 0 Å². The van der Waals surface area contributed by atoms with E-state index in [1.807, 2.05) is 30.3 Å². The van der Waals surface area contributed by atoms with Gasteiger partial charge in [0.05, 0.1) is 6.42 Å². The highest BCUT2D eigenvalue weighted by molar-refractivity contribution is 5.79. The van der Waals surface area contributed by atoms with Crippen LogP contribution in [-0.4, -0.2) is 35.5 Å². The van der Waals surface area contributed by atoms with Crippen LogP contribution in [0.1, 0.15) is 69.4 Å². The summed E-state index contributed by atoms with van der Waals surface area (Å²) in [5.41, 5.74) is 2.55. The number of carbonyl (C=O) groups excluding carboxylic acids is 1. The zero-order chi connectivity index (χ0) is 21.7. The molecule has 1 N–H and O–H groups in total. The van der Waals surface area contributed by atoms with Crippen LogP contribution in [0.3, 0.4) is 0 Å². The average molecular weight is 419 g/mol. The van der Waals surface area contributed by atoms with Crippen LogP contribution in [0.4, 0.5) is 0 Å². The summed E-state index contributed by atoms with van der Waals surface area (Å²) >= 11 is 0. The number of piperidine rings is 1. The van der Waals surface area contributed by atoms with Crippen molar-refractivity contribution in [3.63, 3.8) is 0 Å². The predicted octanol–water partition coefficient (Wildman–Crippen LogP) is 5.56. The number of hydrogen-bond acceptors (Lipinski definition) is 2. The third-order valence-corrected chi connectivity index (χ3v) is 7.31. The molecule has 2 aromatic carbocycles. The van der Waals surface area contributed by atoms with Crippen molar-refractivity contribution in [2.75, 3.05) is 13.1 Å². The van der Waals surface area contributed by atoms with E-state index in [4.69, 9.17) is 0 Å². The largest absolute Gasteiger partial charge is 0.350 e. The maximum atomic E-state index is 12.9. The Labute approximate surface area is 188 Å². The van der Waals surface area contributed by atoms with Gasteiger partial charge in [0.15, 0.2) is 0 Å². The Balaban J connectivity index is 1.35. The summed E-state index contributed by atoms with van der Waals surface area (Å²) in [4.78, 5) is 15.6. The lowest BCUT2D eigenvalue weighted by molar-refractivity contribution is -0.122. The number of carbonyl (C=O) groups is 1. The molecule has 31 heavy (non-hydrogen) atoms. The molecular formula is C28H38N2O. The fourth-order valence-electron chi connectivity index (χ4n) is 5.99. The third-order valence-electron chi connectivity index (χ3n) is 7.31. The predicted molar refractivity (Wildman–Crippen MR) is 128 cm³/mol. The van der Waals surface area contributed by atoms with Crippen molar-refractivity contribution in [2.45, 2.75) is 76.3 Å². The molecule has 0 bridgehead atoms. The molecule has 3 heteroatoms. The lowest BCUT2D eigenvalue weighted by atomic mass is 9.86. The molecule has 1 aliphatic heterocycles. The maximum Gasteiger partial charge on any atom is 0.224 e. The van der Waals surface area contributed by atoms with Crippen LogP contribution < -0.4 is 5.32 Å². The van der Waals surface area contributed by atoms with E-state index in [2.05, 4.69) is 54.4 Å². The van der Waals surface area contributed by atoms with Crippen LogP contribution in [-0.2, 0) is 11.2 Å². The molecule has 2 atom stereocenters.